The molecular formula is C17H26N2O5. The van der Waals surface area contributed by atoms with E-state index < -0.39 is 12.0 Å². The third-order valence-corrected chi connectivity index (χ3v) is 4.07. The minimum atomic E-state index is -0.627. The SMILES string of the molecule is COCCCN(C(C)=O)[C@@H](C)C(=O)c1c(C)[nH]c(C(=O)OC)c1C. The van der Waals surface area contributed by atoms with Crippen LogP contribution in [0.15, 0.2) is 0 Å². The molecule has 0 saturated heterocycles. The molecule has 7 nitrogen and oxygen atoms in total. The Bertz CT molecular complexity index is 621. The van der Waals surface area contributed by atoms with Crippen LogP contribution in [0.5, 0.6) is 0 Å². The van der Waals surface area contributed by atoms with Crippen LogP contribution in [-0.4, -0.2) is 61.0 Å². The molecule has 1 aromatic heterocycles. The molecule has 0 saturated carbocycles. The van der Waals surface area contributed by atoms with Gasteiger partial charge in [0, 0.05) is 38.4 Å². The Morgan fingerprint density at radius 3 is 2.33 bits per heavy atom. The van der Waals surface area contributed by atoms with Gasteiger partial charge in [-0.1, -0.05) is 0 Å². The second-order valence-electron chi connectivity index (χ2n) is 5.72. The maximum Gasteiger partial charge on any atom is 0.354 e. The van der Waals surface area contributed by atoms with Crippen molar-refractivity contribution in [3.05, 3.63) is 22.5 Å². The first-order valence-corrected chi connectivity index (χ1v) is 7.84. The van der Waals surface area contributed by atoms with Gasteiger partial charge in [0.25, 0.3) is 0 Å². The maximum absolute atomic E-state index is 12.9. The van der Waals surface area contributed by atoms with Gasteiger partial charge in [-0.3, -0.25) is 9.59 Å². The molecule has 1 amide bonds. The molecule has 1 atom stereocenters. The van der Waals surface area contributed by atoms with E-state index in [1.54, 1.807) is 27.9 Å². The smallest absolute Gasteiger partial charge is 0.354 e. The van der Waals surface area contributed by atoms with Crippen molar-refractivity contribution in [2.75, 3.05) is 27.4 Å². The van der Waals surface area contributed by atoms with Crippen LogP contribution in [0, 0.1) is 13.8 Å². The lowest BCUT2D eigenvalue weighted by Crippen LogP contribution is -2.43. The summed E-state index contributed by atoms with van der Waals surface area (Å²) in [6, 6.07) is -0.627. The molecule has 7 heteroatoms. The number of rotatable bonds is 8. The van der Waals surface area contributed by atoms with E-state index in [1.165, 1.54) is 18.9 Å². The fraction of sp³-hybridized carbons (Fsp3) is 0.588. The van der Waals surface area contributed by atoms with Crippen LogP contribution in [0.4, 0.5) is 0 Å². The molecule has 134 valence electrons. The minimum absolute atomic E-state index is 0.175. The van der Waals surface area contributed by atoms with Crippen LogP contribution in [0.25, 0.3) is 0 Å². The van der Waals surface area contributed by atoms with Crippen molar-refractivity contribution >= 4 is 17.7 Å². The number of ether oxygens (including phenoxy) is 2. The Balaban J connectivity index is 3.09. The van der Waals surface area contributed by atoms with E-state index >= 15 is 0 Å². The standard InChI is InChI=1S/C17H26N2O5/c1-10-14(11(2)18-15(10)17(22)24-6)16(21)12(3)19(13(4)20)8-7-9-23-5/h12,18H,7-9H2,1-6H3/t12-/m0/s1. The maximum atomic E-state index is 12.9. The molecule has 1 aromatic rings. The molecule has 24 heavy (non-hydrogen) atoms. The fourth-order valence-corrected chi connectivity index (χ4v) is 2.78. The lowest BCUT2D eigenvalue weighted by Gasteiger charge is -2.27. The largest absolute Gasteiger partial charge is 0.464 e. The average Bonchev–Trinajstić information content (AvgIpc) is 2.84. The fourth-order valence-electron chi connectivity index (χ4n) is 2.78. The van der Waals surface area contributed by atoms with Gasteiger partial charge in [-0.25, -0.2) is 4.79 Å². The van der Waals surface area contributed by atoms with Crippen molar-refractivity contribution in [3.63, 3.8) is 0 Å². The third-order valence-electron chi connectivity index (χ3n) is 4.07. The van der Waals surface area contributed by atoms with Crippen LogP contribution in [-0.2, 0) is 14.3 Å². The number of aromatic amines is 1. The number of nitrogens with one attached hydrogen (secondary N) is 1. The number of aryl methyl sites for hydroxylation is 1. The Kier molecular flexibility index (Phi) is 7.16. The predicted octanol–water partition coefficient (Wildman–Crippen LogP) is 1.87. The highest BCUT2D eigenvalue weighted by molar-refractivity contribution is 6.06. The van der Waals surface area contributed by atoms with E-state index in [2.05, 4.69) is 4.98 Å². The Labute approximate surface area is 142 Å². The molecule has 0 aliphatic carbocycles. The zero-order chi connectivity index (χ0) is 18.4. The Morgan fingerprint density at radius 1 is 1.21 bits per heavy atom. The number of amides is 1. The van der Waals surface area contributed by atoms with Crippen molar-refractivity contribution in [1.82, 2.24) is 9.88 Å². The number of aromatic nitrogens is 1. The molecule has 0 bridgehead atoms. The minimum Gasteiger partial charge on any atom is -0.464 e. The van der Waals surface area contributed by atoms with Crippen molar-refractivity contribution in [3.8, 4) is 0 Å². The molecule has 1 N–H and O–H groups in total. The summed E-state index contributed by atoms with van der Waals surface area (Å²) in [6.45, 7) is 7.50. The van der Waals surface area contributed by atoms with E-state index in [0.29, 0.717) is 36.4 Å². The molecule has 0 aliphatic rings. The van der Waals surface area contributed by atoms with Gasteiger partial charge in [0.2, 0.25) is 5.91 Å². The van der Waals surface area contributed by atoms with E-state index in [0.717, 1.165) is 0 Å². The molecule has 0 aliphatic heterocycles. The number of carbonyl (C=O) groups excluding carboxylic acids is 3. The summed E-state index contributed by atoms with van der Waals surface area (Å²) in [7, 11) is 2.88. The molecule has 1 rings (SSSR count). The molecular weight excluding hydrogens is 312 g/mol. The van der Waals surface area contributed by atoms with Crippen LogP contribution < -0.4 is 0 Å². The Morgan fingerprint density at radius 2 is 1.83 bits per heavy atom. The molecule has 0 radical (unpaired) electrons. The van der Waals surface area contributed by atoms with Gasteiger partial charge in [0.15, 0.2) is 5.78 Å². The van der Waals surface area contributed by atoms with Gasteiger partial charge >= 0.3 is 5.97 Å². The monoisotopic (exact) mass is 338 g/mol. The van der Waals surface area contributed by atoms with Crippen molar-refractivity contribution in [1.29, 1.82) is 0 Å². The van der Waals surface area contributed by atoms with Crippen molar-refractivity contribution < 1.29 is 23.9 Å². The number of methoxy groups -OCH3 is 2. The topological polar surface area (TPSA) is 88.7 Å². The number of carbonyl (C=O) groups is 3. The number of H-pyrrole nitrogens is 1. The molecule has 0 fully saturated rings. The van der Waals surface area contributed by atoms with Gasteiger partial charge in [0.1, 0.15) is 5.69 Å². The van der Waals surface area contributed by atoms with Crippen LogP contribution >= 0.6 is 0 Å². The first-order chi connectivity index (χ1) is 11.3. The van der Waals surface area contributed by atoms with Crippen molar-refractivity contribution in [2.45, 2.75) is 40.2 Å². The van der Waals surface area contributed by atoms with Crippen LogP contribution in [0.2, 0.25) is 0 Å². The Hall–Kier alpha value is -2.15. The summed E-state index contributed by atoms with van der Waals surface area (Å²) in [6.07, 6.45) is 0.645. The van der Waals surface area contributed by atoms with Gasteiger partial charge in [0.05, 0.1) is 13.2 Å². The molecule has 0 unspecified atom stereocenters. The van der Waals surface area contributed by atoms with E-state index in [4.69, 9.17) is 9.47 Å². The molecule has 1 heterocycles. The summed E-state index contributed by atoms with van der Waals surface area (Å²) in [5.74, 6) is -0.902. The summed E-state index contributed by atoms with van der Waals surface area (Å²) in [4.78, 5) is 41.0. The van der Waals surface area contributed by atoms with E-state index in [-0.39, 0.29) is 17.4 Å². The summed E-state index contributed by atoms with van der Waals surface area (Å²) < 4.78 is 9.71. The number of hydrogen-bond donors (Lipinski definition) is 1. The molecule has 0 spiro atoms. The van der Waals surface area contributed by atoms with Crippen LogP contribution in [0.3, 0.4) is 0 Å². The van der Waals surface area contributed by atoms with Gasteiger partial charge in [-0.05, 0) is 32.8 Å². The second kappa shape index (κ2) is 8.63. The van der Waals surface area contributed by atoms with E-state index in [1.807, 2.05) is 0 Å². The molecule has 0 aromatic carbocycles. The lowest BCUT2D eigenvalue weighted by molar-refractivity contribution is -0.130. The highest BCUT2D eigenvalue weighted by Crippen LogP contribution is 2.22. The summed E-state index contributed by atoms with van der Waals surface area (Å²) in [5.41, 5.74) is 1.82. The van der Waals surface area contributed by atoms with Gasteiger partial charge in [-0.2, -0.15) is 0 Å². The normalized spacial score (nSPS) is 11.9. The quantitative estimate of drug-likeness (QED) is 0.444. The number of Topliss-reactive ketones (excluding diaryl/α,β-unsaturated/α-hetero) is 1. The van der Waals surface area contributed by atoms with Crippen LogP contribution in [0.1, 0.15) is 52.4 Å². The predicted molar refractivity (Wildman–Crippen MR) is 89.3 cm³/mol. The highest BCUT2D eigenvalue weighted by atomic mass is 16.5. The van der Waals surface area contributed by atoms with E-state index in [9.17, 15) is 14.4 Å². The zero-order valence-corrected chi connectivity index (χ0v) is 15.2. The zero-order valence-electron chi connectivity index (χ0n) is 15.2. The lowest BCUT2D eigenvalue weighted by atomic mass is 9.99. The number of hydrogen-bond acceptors (Lipinski definition) is 5. The van der Waals surface area contributed by atoms with Gasteiger partial charge < -0.3 is 19.4 Å². The average molecular weight is 338 g/mol. The summed E-state index contributed by atoms with van der Waals surface area (Å²) in [5, 5.41) is 0. The second-order valence-corrected chi connectivity index (χ2v) is 5.72. The van der Waals surface area contributed by atoms with Gasteiger partial charge in [-0.15, -0.1) is 0 Å². The van der Waals surface area contributed by atoms with Crippen molar-refractivity contribution in [2.24, 2.45) is 0 Å². The number of ketones is 1. The first-order valence-electron chi connectivity index (χ1n) is 7.84. The first kappa shape index (κ1) is 19.9. The number of esters is 1. The third kappa shape index (κ3) is 4.23. The number of nitrogens with zero attached hydrogens (tertiary/aromatic N) is 1. The summed E-state index contributed by atoms with van der Waals surface area (Å²) >= 11 is 0. The highest BCUT2D eigenvalue weighted by Gasteiger charge is 2.29.